The number of aryl methyl sites for hydroxylation is 1. The number of carbonyl (C=O) groups is 1. The molecule has 13 heavy (non-hydrogen) atoms. The van der Waals surface area contributed by atoms with Crippen LogP contribution in [0.5, 0.6) is 0 Å². The number of rotatable bonds is 2. The second-order valence-corrected chi connectivity index (χ2v) is 2.45. The Morgan fingerprint density at radius 3 is 2.69 bits per heavy atom. The average molecular weight is 182 g/mol. The van der Waals surface area contributed by atoms with E-state index in [4.69, 9.17) is 0 Å². The molecule has 0 aliphatic rings. The van der Waals surface area contributed by atoms with Gasteiger partial charge in [0.1, 0.15) is 5.69 Å². The number of methoxy groups -OCH3 is 1. The summed E-state index contributed by atoms with van der Waals surface area (Å²) in [4.78, 5) is 18.6. The maximum Gasteiger partial charge on any atom is 0.341 e. The van der Waals surface area contributed by atoms with Gasteiger partial charge >= 0.3 is 5.97 Å². The maximum absolute atomic E-state index is 10.9. The fourth-order valence-electron chi connectivity index (χ4n) is 0.910. The second-order valence-electron chi connectivity index (χ2n) is 2.45. The van der Waals surface area contributed by atoms with Gasteiger partial charge in [0.15, 0.2) is 6.10 Å². The zero-order valence-corrected chi connectivity index (χ0v) is 7.39. The first-order valence-electron chi connectivity index (χ1n) is 3.70. The summed E-state index contributed by atoms with van der Waals surface area (Å²) in [6.07, 6.45) is 1.55. The number of nitrogens with zero attached hydrogens (tertiary/aromatic N) is 2. The van der Waals surface area contributed by atoms with Crippen LogP contribution in [0.15, 0.2) is 12.4 Å². The number of esters is 1. The Morgan fingerprint density at radius 1 is 1.54 bits per heavy atom. The van der Waals surface area contributed by atoms with Gasteiger partial charge in [-0.25, -0.2) is 4.79 Å². The summed E-state index contributed by atoms with van der Waals surface area (Å²) in [5, 5.41) is 9.39. The molecule has 0 aromatic carbocycles. The molecule has 5 heteroatoms. The highest BCUT2D eigenvalue weighted by atomic mass is 16.5. The number of aromatic nitrogens is 2. The molecule has 0 aliphatic heterocycles. The molecule has 0 radical (unpaired) electrons. The van der Waals surface area contributed by atoms with Crippen molar-refractivity contribution in [2.45, 2.75) is 13.0 Å². The molecule has 0 bridgehead atoms. The minimum absolute atomic E-state index is 0.231. The lowest BCUT2D eigenvalue weighted by atomic mass is 10.2. The number of aliphatic hydroxyl groups is 1. The van der Waals surface area contributed by atoms with Gasteiger partial charge in [-0.1, -0.05) is 0 Å². The Hall–Kier alpha value is -1.49. The topological polar surface area (TPSA) is 72.3 Å². The van der Waals surface area contributed by atoms with Crippen molar-refractivity contribution < 1.29 is 14.6 Å². The molecular weight excluding hydrogens is 172 g/mol. The van der Waals surface area contributed by atoms with E-state index in [-0.39, 0.29) is 5.69 Å². The molecule has 0 aliphatic carbocycles. The molecule has 0 amide bonds. The summed E-state index contributed by atoms with van der Waals surface area (Å²) in [7, 11) is 1.21. The lowest BCUT2D eigenvalue weighted by Crippen LogP contribution is -2.16. The highest BCUT2D eigenvalue weighted by Crippen LogP contribution is 2.13. The summed E-state index contributed by atoms with van der Waals surface area (Å²) in [6.45, 7) is 1.66. The Kier molecular flexibility index (Phi) is 2.92. The van der Waals surface area contributed by atoms with Gasteiger partial charge in [0.05, 0.1) is 12.8 Å². The standard InChI is InChI=1S/C8H10N2O3/c1-5-6(10-4-3-9-5)7(11)8(12)13-2/h3-4,7,11H,1-2H3. The normalized spacial score (nSPS) is 12.2. The van der Waals surface area contributed by atoms with Gasteiger partial charge in [-0.05, 0) is 6.92 Å². The van der Waals surface area contributed by atoms with Crippen molar-refractivity contribution in [3.05, 3.63) is 23.8 Å². The number of aliphatic hydroxyl groups excluding tert-OH is 1. The Labute approximate surface area is 75.4 Å². The zero-order chi connectivity index (χ0) is 9.84. The predicted octanol–water partition coefficient (Wildman–Crippen LogP) is -0.00858. The predicted molar refractivity (Wildman–Crippen MR) is 43.7 cm³/mol. The third kappa shape index (κ3) is 2.00. The van der Waals surface area contributed by atoms with Crippen molar-refractivity contribution in [1.29, 1.82) is 0 Å². The number of hydrogen-bond acceptors (Lipinski definition) is 5. The van der Waals surface area contributed by atoms with E-state index >= 15 is 0 Å². The van der Waals surface area contributed by atoms with Crippen LogP contribution in [0, 0.1) is 6.92 Å². The summed E-state index contributed by atoms with van der Waals surface area (Å²) < 4.78 is 4.36. The van der Waals surface area contributed by atoms with Crippen LogP contribution in [0.1, 0.15) is 17.5 Å². The molecule has 1 rings (SSSR count). The van der Waals surface area contributed by atoms with Gasteiger partial charge in [0, 0.05) is 12.4 Å². The van der Waals surface area contributed by atoms with Crippen molar-refractivity contribution in [2.24, 2.45) is 0 Å². The highest BCUT2D eigenvalue weighted by molar-refractivity contribution is 5.75. The van der Waals surface area contributed by atoms with Crippen LogP contribution >= 0.6 is 0 Å². The molecule has 1 heterocycles. The van der Waals surface area contributed by atoms with Crippen molar-refractivity contribution in [1.82, 2.24) is 9.97 Å². The van der Waals surface area contributed by atoms with Crippen LogP contribution in [0.2, 0.25) is 0 Å². The summed E-state index contributed by atoms with van der Waals surface area (Å²) in [6, 6.07) is 0. The second kappa shape index (κ2) is 3.95. The summed E-state index contributed by atoms with van der Waals surface area (Å²) >= 11 is 0. The first-order valence-corrected chi connectivity index (χ1v) is 3.70. The molecule has 0 saturated heterocycles. The lowest BCUT2D eigenvalue weighted by molar-refractivity contribution is -0.151. The minimum Gasteiger partial charge on any atom is -0.467 e. The van der Waals surface area contributed by atoms with Gasteiger partial charge in [0.25, 0.3) is 0 Å². The van der Waals surface area contributed by atoms with Crippen molar-refractivity contribution in [3.63, 3.8) is 0 Å². The number of hydrogen-bond donors (Lipinski definition) is 1. The van der Waals surface area contributed by atoms with Crippen LogP contribution in [0.25, 0.3) is 0 Å². The average Bonchev–Trinajstić information content (AvgIpc) is 2.16. The van der Waals surface area contributed by atoms with Crippen LogP contribution in [-0.4, -0.2) is 28.2 Å². The van der Waals surface area contributed by atoms with Gasteiger partial charge < -0.3 is 9.84 Å². The molecule has 0 fully saturated rings. The molecule has 1 aromatic heterocycles. The van der Waals surface area contributed by atoms with Crippen LogP contribution in [0.4, 0.5) is 0 Å². The van der Waals surface area contributed by atoms with E-state index in [1.165, 1.54) is 19.5 Å². The number of carbonyl (C=O) groups excluding carboxylic acids is 1. The molecule has 1 aromatic rings. The quantitative estimate of drug-likeness (QED) is 0.651. The van der Waals surface area contributed by atoms with Crippen molar-refractivity contribution >= 4 is 5.97 Å². The van der Waals surface area contributed by atoms with E-state index in [0.717, 1.165) is 0 Å². The molecule has 5 nitrogen and oxygen atoms in total. The Morgan fingerprint density at radius 2 is 2.15 bits per heavy atom. The molecule has 1 unspecified atom stereocenters. The minimum atomic E-state index is -1.35. The van der Waals surface area contributed by atoms with Crippen LogP contribution in [-0.2, 0) is 9.53 Å². The van der Waals surface area contributed by atoms with E-state index in [1.54, 1.807) is 6.92 Å². The van der Waals surface area contributed by atoms with Crippen molar-refractivity contribution in [3.8, 4) is 0 Å². The molecule has 1 atom stereocenters. The highest BCUT2D eigenvalue weighted by Gasteiger charge is 2.21. The van der Waals surface area contributed by atoms with E-state index in [2.05, 4.69) is 14.7 Å². The first kappa shape index (κ1) is 9.60. The van der Waals surface area contributed by atoms with E-state index in [0.29, 0.717) is 5.69 Å². The van der Waals surface area contributed by atoms with Gasteiger partial charge in [-0.15, -0.1) is 0 Å². The monoisotopic (exact) mass is 182 g/mol. The molecule has 0 spiro atoms. The van der Waals surface area contributed by atoms with Gasteiger partial charge in [-0.2, -0.15) is 0 Å². The largest absolute Gasteiger partial charge is 0.467 e. The fourth-order valence-corrected chi connectivity index (χ4v) is 0.910. The van der Waals surface area contributed by atoms with E-state index in [1.807, 2.05) is 0 Å². The maximum atomic E-state index is 10.9. The summed E-state index contributed by atoms with van der Waals surface area (Å²) in [5.41, 5.74) is 0.745. The first-order chi connectivity index (χ1) is 6.16. The molecule has 1 N–H and O–H groups in total. The smallest absolute Gasteiger partial charge is 0.341 e. The Bertz CT molecular complexity index is 314. The van der Waals surface area contributed by atoms with Crippen LogP contribution < -0.4 is 0 Å². The molecule has 70 valence electrons. The Balaban J connectivity index is 2.95. The van der Waals surface area contributed by atoms with Crippen LogP contribution in [0.3, 0.4) is 0 Å². The van der Waals surface area contributed by atoms with E-state index in [9.17, 15) is 9.90 Å². The van der Waals surface area contributed by atoms with Crippen molar-refractivity contribution in [2.75, 3.05) is 7.11 Å². The van der Waals surface area contributed by atoms with E-state index < -0.39 is 12.1 Å². The molecular formula is C8H10N2O3. The SMILES string of the molecule is COC(=O)C(O)c1nccnc1C. The fraction of sp³-hybridized carbons (Fsp3) is 0.375. The van der Waals surface area contributed by atoms with Gasteiger partial charge in [0.2, 0.25) is 0 Å². The molecule has 0 saturated carbocycles. The lowest BCUT2D eigenvalue weighted by Gasteiger charge is -2.08. The zero-order valence-electron chi connectivity index (χ0n) is 7.39. The third-order valence-corrected chi connectivity index (χ3v) is 1.60. The van der Waals surface area contributed by atoms with Gasteiger partial charge in [-0.3, -0.25) is 9.97 Å². The number of ether oxygens (including phenoxy) is 1. The third-order valence-electron chi connectivity index (χ3n) is 1.60. The summed E-state index contributed by atoms with van der Waals surface area (Å²) in [5.74, 6) is -0.733.